The second-order valence-electron chi connectivity index (χ2n) is 7.75. The van der Waals surface area contributed by atoms with Crippen molar-refractivity contribution in [1.82, 2.24) is 10.2 Å². The highest BCUT2D eigenvalue weighted by Crippen LogP contribution is 2.34. The van der Waals surface area contributed by atoms with Crippen molar-refractivity contribution in [3.05, 3.63) is 53.1 Å². The van der Waals surface area contributed by atoms with Crippen molar-refractivity contribution in [2.24, 2.45) is 0 Å². The molecule has 184 valence electrons. The van der Waals surface area contributed by atoms with Crippen LogP contribution >= 0.6 is 11.6 Å². The number of likely N-dealkylation sites (N-methyl/N-ethyl adjacent to an activating group) is 1. The van der Waals surface area contributed by atoms with E-state index in [0.717, 1.165) is 10.6 Å². The molecule has 1 atom stereocenters. The molecule has 0 bridgehead atoms. The molecule has 3 rings (SSSR count). The lowest BCUT2D eigenvalue weighted by Crippen LogP contribution is -2.51. The summed E-state index contributed by atoms with van der Waals surface area (Å²) >= 11 is 6.31. The molecule has 0 saturated carbocycles. The van der Waals surface area contributed by atoms with Crippen molar-refractivity contribution in [3.8, 4) is 11.5 Å². The van der Waals surface area contributed by atoms with E-state index in [-0.39, 0.29) is 18.1 Å². The molecule has 1 heterocycles. The predicted molar refractivity (Wildman–Crippen MR) is 130 cm³/mol. The van der Waals surface area contributed by atoms with Gasteiger partial charge in [-0.15, -0.1) is 0 Å². The molecule has 2 aromatic carbocycles. The monoisotopic (exact) mass is 509 g/mol. The number of carbonyl (C=O) groups excluding carboxylic acids is 2. The van der Waals surface area contributed by atoms with E-state index in [9.17, 15) is 18.0 Å². The highest BCUT2D eigenvalue weighted by molar-refractivity contribution is 7.92. The molecule has 0 spiro atoms. The molecular weight excluding hydrogens is 482 g/mol. The first-order valence-corrected chi connectivity index (χ1v) is 13.0. The van der Waals surface area contributed by atoms with E-state index >= 15 is 0 Å². The molecule has 1 aliphatic heterocycles. The van der Waals surface area contributed by atoms with Gasteiger partial charge in [-0.25, -0.2) is 8.42 Å². The van der Waals surface area contributed by atoms with Gasteiger partial charge in [0, 0.05) is 24.7 Å². The highest BCUT2D eigenvalue weighted by atomic mass is 35.5. The zero-order chi connectivity index (χ0) is 24.9. The highest BCUT2D eigenvalue weighted by Gasteiger charge is 2.32. The lowest BCUT2D eigenvalue weighted by atomic mass is 10.1. The van der Waals surface area contributed by atoms with Gasteiger partial charge >= 0.3 is 0 Å². The lowest BCUT2D eigenvalue weighted by Gasteiger charge is -2.33. The van der Waals surface area contributed by atoms with E-state index < -0.39 is 28.5 Å². The molecule has 34 heavy (non-hydrogen) atoms. The van der Waals surface area contributed by atoms with Gasteiger partial charge in [-0.1, -0.05) is 36.7 Å². The van der Waals surface area contributed by atoms with E-state index in [2.05, 4.69) is 5.32 Å². The standard InChI is InChI=1S/C23H28ClN3O6S/c1-4-19(23(29)25-2)26(14-16-7-5-6-8-18(16)24)22(28)15-27(34(3,30)31)17-9-10-20-21(13-17)33-12-11-32-20/h5-10,13,19H,4,11-12,14-15H2,1-3H3,(H,25,29). The van der Waals surface area contributed by atoms with Crippen LogP contribution in [-0.2, 0) is 26.2 Å². The van der Waals surface area contributed by atoms with Gasteiger partial charge in [-0.05, 0) is 30.2 Å². The maximum absolute atomic E-state index is 13.5. The average Bonchev–Trinajstić information content (AvgIpc) is 2.82. The topological polar surface area (TPSA) is 105 Å². The summed E-state index contributed by atoms with van der Waals surface area (Å²) in [4.78, 5) is 27.5. The van der Waals surface area contributed by atoms with Gasteiger partial charge in [0.25, 0.3) is 0 Å². The SMILES string of the molecule is CCC(C(=O)NC)N(Cc1ccccc1Cl)C(=O)CN(c1ccc2c(c1)OCCO2)S(C)(=O)=O. The molecule has 9 nitrogen and oxygen atoms in total. The quantitative estimate of drug-likeness (QED) is 0.556. The number of anilines is 1. The average molecular weight is 510 g/mol. The number of amides is 2. The maximum atomic E-state index is 13.5. The smallest absolute Gasteiger partial charge is 0.244 e. The number of fused-ring (bicyclic) bond motifs is 1. The Morgan fingerprint density at radius 3 is 2.41 bits per heavy atom. The second kappa shape index (κ2) is 11.0. The summed E-state index contributed by atoms with van der Waals surface area (Å²) in [6, 6.07) is 10.9. The van der Waals surface area contributed by atoms with Crippen LogP contribution in [0.5, 0.6) is 11.5 Å². The van der Waals surface area contributed by atoms with Crippen LogP contribution in [0.15, 0.2) is 42.5 Å². The number of sulfonamides is 1. The van der Waals surface area contributed by atoms with Crippen LogP contribution in [0.3, 0.4) is 0 Å². The molecule has 0 aliphatic carbocycles. The Kier molecular flexibility index (Phi) is 8.27. The number of nitrogens with zero attached hydrogens (tertiary/aromatic N) is 2. The predicted octanol–water partition coefficient (Wildman–Crippen LogP) is 2.43. The van der Waals surface area contributed by atoms with E-state index in [4.69, 9.17) is 21.1 Å². The largest absolute Gasteiger partial charge is 0.486 e. The summed E-state index contributed by atoms with van der Waals surface area (Å²) in [6.45, 7) is 2.06. The van der Waals surface area contributed by atoms with Crippen molar-refractivity contribution in [3.63, 3.8) is 0 Å². The zero-order valence-corrected chi connectivity index (χ0v) is 20.9. The van der Waals surface area contributed by atoms with Crippen LogP contribution < -0.4 is 19.1 Å². The summed E-state index contributed by atoms with van der Waals surface area (Å²) in [6.07, 6.45) is 1.35. The molecule has 1 unspecified atom stereocenters. The zero-order valence-electron chi connectivity index (χ0n) is 19.3. The first-order chi connectivity index (χ1) is 16.2. The van der Waals surface area contributed by atoms with Gasteiger partial charge in [0.15, 0.2) is 11.5 Å². The molecular formula is C23H28ClN3O6S. The van der Waals surface area contributed by atoms with Gasteiger partial charge in [0.05, 0.1) is 11.9 Å². The van der Waals surface area contributed by atoms with Crippen LogP contribution in [-0.4, -0.2) is 64.2 Å². The second-order valence-corrected chi connectivity index (χ2v) is 10.1. The minimum absolute atomic E-state index is 0.0448. The fourth-order valence-electron chi connectivity index (χ4n) is 3.70. The van der Waals surface area contributed by atoms with Gasteiger partial charge in [0.2, 0.25) is 21.8 Å². The fourth-order valence-corrected chi connectivity index (χ4v) is 4.73. The van der Waals surface area contributed by atoms with Crippen LogP contribution in [0.1, 0.15) is 18.9 Å². The Hall–Kier alpha value is -2.98. The molecule has 0 fully saturated rings. The molecule has 2 amide bonds. The van der Waals surface area contributed by atoms with E-state index in [1.165, 1.54) is 18.0 Å². The molecule has 1 N–H and O–H groups in total. The Labute approximate surface area is 204 Å². The molecule has 2 aromatic rings. The third-order valence-corrected chi connectivity index (χ3v) is 6.93. The van der Waals surface area contributed by atoms with Gasteiger partial charge in [0.1, 0.15) is 25.8 Å². The fraction of sp³-hybridized carbons (Fsp3) is 0.391. The Bertz CT molecular complexity index is 1160. The number of carbonyl (C=O) groups is 2. The van der Waals surface area contributed by atoms with Crippen molar-refractivity contribution >= 4 is 39.1 Å². The maximum Gasteiger partial charge on any atom is 0.244 e. The number of hydrogen-bond donors (Lipinski definition) is 1. The van der Waals surface area contributed by atoms with Crippen molar-refractivity contribution < 1.29 is 27.5 Å². The summed E-state index contributed by atoms with van der Waals surface area (Å²) < 4.78 is 37.4. The van der Waals surface area contributed by atoms with E-state index in [0.29, 0.717) is 41.7 Å². The third kappa shape index (κ3) is 5.92. The van der Waals surface area contributed by atoms with Crippen LogP contribution in [0.4, 0.5) is 5.69 Å². The van der Waals surface area contributed by atoms with E-state index in [1.807, 2.05) is 0 Å². The Morgan fingerprint density at radius 2 is 1.79 bits per heavy atom. The third-order valence-electron chi connectivity index (χ3n) is 5.42. The summed E-state index contributed by atoms with van der Waals surface area (Å²) in [5.41, 5.74) is 0.899. The van der Waals surface area contributed by atoms with E-state index in [1.54, 1.807) is 43.3 Å². The summed E-state index contributed by atoms with van der Waals surface area (Å²) in [7, 11) is -2.36. The van der Waals surface area contributed by atoms with Crippen molar-refractivity contribution in [2.45, 2.75) is 25.9 Å². The molecule has 0 radical (unpaired) electrons. The molecule has 0 saturated heterocycles. The van der Waals surface area contributed by atoms with Gasteiger partial charge < -0.3 is 19.7 Å². The van der Waals surface area contributed by atoms with Crippen LogP contribution in [0, 0.1) is 0 Å². The molecule has 11 heteroatoms. The Morgan fingerprint density at radius 1 is 1.12 bits per heavy atom. The van der Waals surface area contributed by atoms with Crippen molar-refractivity contribution in [1.29, 1.82) is 0 Å². The number of benzene rings is 2. The number of hydrogen-bond acceptors (Lipinski definition) is 6. The lowest BCUT2D eigenvalue weighted by molar-refractivity contribution is -0.140. The number of halogens is 1. The minimum atomic E-state index is -3.85. The van der Waals surface area contributed by atoms with Crippen LogP contribution in [0.25, 0.3) is 0 Å². The van der Waals surface area contributed by atoms with Crippen molar-refractivity contribution in [2.75, 3.05) is 37.4 Å². The van der Waals surface area contributed by atoms with Crippen LogP contribution in [0.2, 0.25) is 5.02 Å². The number of nitrogens with one attached hydrogen (secondary N) is 1. The first kappa shape index (κ1) is 25.6. The number of ether oxygens (including phenoxy) is 2. The summed E-state index contributed by atoms with van der Waals surface area (Å²) in [5.74, 6) is -0.000761. The summed E-state index contributed by atoms with van der Waals surface area (Å²) in [5, 5.41) is 3.02. The number of rotatable bonds is 9. The normalized spacial score (nSPS) is 13.6. The Balaban J connectivity index is 1.96. The first-order valence-electron chi connectivity index (χ1n) is 10.8. The minimum Gasteiger partial charge on any atom is -0.486 e. The molecule has 1 aliphatic rings. The molecule has 0 aromatic heterocycles. The van der Waals surface area contributed by atoms with Gasteiger partial charge in [-0.3, -0.25) is 13.9 Å². The van der Waals surface area contributed by atoms with Gasteiger partial charge in [-0.2, -0.15) is 0 Å².